The molecule has 0 bridgehead atoms. The quantitative estimate of drug-likeness (QED) is 0.582. The first-order valence-electron chi connectivity index (χ1n) is 8.18. The number of halogens is 1. The van der Waals surface area contributed by atoms with Crippen molar-refractivity contribution in [3.63, 3.8) is 0 Å². The van der Waals surface area contributed by atoms with E-state index in [9.17, 15) is 14.4 Å². The van der Waals surface area contributed by atoms with Crippen molar-refractivity contribution in [3.8, 4) is 0 Å². The predicted molar refractivity (Wildman–Crippen MR) is 97.1 cm³/mol. The summed E-state index contributed by atoms with van der Waals surface area (Å²) in [5, 5.41) is 8.64. The van der Waals surface area contributed by atoms with E-state index in [1.54, 1.807) is 36.4 Å². The topological polar surface area (TPSA) is 100 Å². The molecular formula is C18H20ClN3O4. The first kappa shape index (κ1) is 19.5. The van der Waals surface area contributed by atoms with Crippen LogP contribution in [-0.2, 0) is 4.79 Å². The Morgan fingerprint density at radius 2 is 1.58 bits per heavy atom. The monoisotopic (exact) mass is 377 g/mol. The third kappa shape index (κ3) is 6.60. The van der Waals surface area contributed by atoms with Crippen molar-refractivity contribution in [3.05, 3.63) is 59.0 Å². The normalized spacial score (nSPS) is 10.2. The summed E-state index contributed by atoms with van der Waals surface area (Å²) >= 11 is 5.77. The predicted octanol–water partition coefficient (Wildman–Crippen LogP) is 1.99. The van der Waals surface area contributed by atoms with Crippen molar-refractivity contribution in [1.29, 1.82) is 0 Å². The van der Waals surface area contributed by atoms with E-state index in [-0.39, 0.29) is 29.9 Å². The molecule has 26 heavy (non-hydrogen) atoms. The van der Waals surface area contributed by atoms with Crippen LogP contribution in [-0.4, -0.2) is 37.4 Å². The lowest BCUT2D eigenvalue weighted by molar-refractivity contribution is -0.121. The van der Waals surface area contributed by atoms with E-state index >= 15 is 0 Å². The molecule has 7 nitrogen and oxygen atoms in total. The summed E-state index contributed by atoms with van der Waals surface area (Å²) in [4.78, 5) is 35.2. The van der Waals surface area contributed by atoms with Gasteiger partial charge in [-0.05, 0) is 42.8 Å². The second-order valence-corrected chi connectivity index (χ2v) is 5.89. The van der Waals surface area contributed by atoms with Crippen LogP contribution in [0.1, 0.15) is 33.8 Å². The number of carbonyl (C=O) groups is 3. The number of benzene rings is 1. The zero-order chi connectivity index (χ0) is 18.8. The molecule has 0 aliphatic heterocycles. The number of amides is 3. The zero-order valence-electron chi connectivity index (χ0n) is 14.1. The smallest absolute Gasteiger partial charge is 0.287 e. The van der Waals surface area contributed by atoms with Gasteiger partial charge in [-0.25, -0.2) is 0 Å². The fourth-order valence-corrected chi connectivity index (χ4v) is 2.24. The highest BCUT2D eigenvalue weighted by atomic mass is 35.5. The van der Waals surface area contributed by atoms with Crippen molar-refractivity contribution in [1.82, 2.24) is 16.0 Å². The Labute approximate surface area is 156 Å². The number of rotatable bonds is 9. The summed E-state index contributed by atoms with van der Waals surface area (Å²) < 4.78 is 4.96. The summed E-state index contributed by atoms with van der Waals surface area (Å²) in [5.74, 6) is -0.442. The Balaban J connectivity index is 1.53. The van der Waals surface area contributed by atoms with Gasteiger partial charge in [-0.1, -0.05) is 11.6 Å². The van der Waals surface area contributed by atoms with Crippen molar-refractivity contribution in [2.45, 2.75) is 12.8 Å². The van der Waals surface area contributed by atoms with E-state index in [0.29, 0.717) is 36.6 Å². The maximum atomic E-state index is 11.9. The lowest BCUT2D eigenvalue weighted by Crippen LogP contribution is -2.34. The highest BCUT2D eigenvalue weighted by molar-refractivity contribution is 6.30. The van der Waals surface area contributed by atoms with Gasteiger partial charge in [0.05, 0.1) is 6.26 Å². The van der Waals surface area contributed by atoms with Gasteiger partial charge < -0.3 is 20.4 Å². The maximum absolute atomic E-state index is 11.9. The lowest BCUT2D eigenvalue weighted by Gasteiger charge is -2.07. The van der Waals surface area contributed by atoms with Gasteiger partial charge in [0.1, 0.15) is 0 Å². The highest BCUT2D eigenvalue weighted by Gasteiger charge is 2.08. The number of hydrogen-bond donors (Lipinski definition) is 3. The van der Waals surface area contributed by atoms with E-state index in [1.165, 1.54) is 6.26 Å². The summed E-state index contributed by atoms with van der Waals surface area (Å²) in [6.07, 6.45) is 2.22. The van der Waals surface area contributed by atoms with E-state index in [0.717, 1.165) is 0 Å². The van der Waals surface area contributed by atoms with Crippen LogP contribution in [0.25, 0.3) is 0 Å². The molecule has 3 amide bonds. The number of nitrogens with one attached hydrogen (secondary N) is 3. The van der Waals surface area contributed by atoms with Crippen LogP contribution in [0.3, 0.4) is 0 Å². The van der Waals surface area contributed by atoms with Crippen LogP contribution in [0, 0.1) is 0 Å². The van der Waals surface area contributed by atoms with Gasteiger partial charge in [0, 0.05) is 36.6 Å². The molecule has 0 unspecified atom stereocenters. The standard InChI is InChI=1S/C18H20ClN3O4/c19-14-7-5-13(6-8-14)17(24)21-9-1-4-16(23)20-10-11-22-18(25)15-3-2-12-26-15/h2-3,5-8,12H,1,4,9-11H2,(H,20,23)(H,21,24)(H,22,25). The molecule has 0 fully saturated rings. The van der Waals surface area contributed by atoms with Gasteiger partial charge in [0.15, 0.2) is 5.76 Å². The van der Waals surface area contributed by atoms with Gasteiger partial charge in [-0.2, -0.15) is 0 Å². The van der Waals surface area contributed by atoms with Crippen molar-refractivity contribution in [2.75, 3.05) is 19.6 Å². The molecule has 1 aromatic heterocycles. The van der Waals surface area contributed by atoms with Crippen LogP contribution in [0.5, 0.6) is 0 Å². The molecule has 1 aromatic carbocycles. The molecule has 1 heterocycles. The SMILES string of the molecule is O=C(CCCNC(=O)c1ccc(Cl)cc1)NCCNC(=O)c1ccco1. The van der Waals surface area contributed by atoms with Crippen LogP contribution < -0.4 is 16.0 Å². The second-order valence-electron chi connectivity index (χ2n) is 5.45. The summed E-state index contributed by atoms with van der Waals surface area (Å²) in [5.41, 5.74) is 0.520. The van der Waals surface area contributed by atoms with E-state index in [4.69, 9.17) is 16.0 Å². The molecule has 0 saturated carbocycles. The zero-order valence-corrected chi connectivity index (χ0v) is 14.8. The summed E-state index contributed by atoms with van der Waals surface area (Å²) in [7, 11) is 0. The van der Waals surface area contributed by atoms with Crippen LogP contribution in [0.4, 0.5) is 0 Å². The largest absolute Gasteiger partial charge is 0.459 e. The minimum Gasteiger partial charge on any atom is -0.459 e. The molecule has 0 aliphatic carbocycles. The van der Waals surface area contributed by atoms with E-state index in [1.807, 2.05) is 0 Å². The number of hydrogen-bond acceptors (Lipinski definition) is 4. The molecule has 3 N–H and O–H groups in total. The fraction of sp³-hybridized carbons (Fsp3) is 0.278. The fourth-order valence-electron chi connectivity index (χ4n) is 2.12. The Kier molecular flexibility index (Phi) is 7.70. The highest BCUT2D eigenvalue weighted by Crippen LogP contribution is 2.09. The van der Waals surface area contributed by atoms with Gasteiger partial charge in [0.2, 0.25) is 5.91 Å². The number of carbonyl (C=O) groups excluding carboxylic acids is 3. The van der Waals surface area contributed by atoms with Crippen LogP contribution >= 0.6 is 11.6 Å². The Morgan fingerprint density at radius 1 is 0.885 bits per heavy atom. The van der Waals surface area contributed by atoms with Crippen LogP contribution in [0.15, 0.2) is 47.1 Å². The molecule has 0 spiro atoms. The lowest BCUT2D eigenvalue weighted by atomic mass is 10.2. The van der Waals surface area contributed by atoms with Crippen molar-refractivity contribution >= 4 is 29.3 Å². The maximum Gasteiger partial charge on any atom is 0.287 e. The third-order valence-corrected chi connectivity index (χ3v) is 3.70. The minimum atomic E-state index is -0.325. The van der Waals surface area contributed by atoms with E-state index < -0.39 is 0 Å². The second kappa shape index (κ2) is 10.2. The molecular weight excluding hydrogens is 358 g/mol. The van der Waals surface area contributed by atoms with Crippen LogP contribution in [0.2, 0.25) is 5.02 Å². The molecule has 0 atom stereocenters. The first-order chi connectivity index (χ1) is 12.6. The van der Waals surface area contributed by atoms with Crippen molar-refractivity contribution in [2.24, 2.45) is 0 Å². The Morgan fingerprint density at radius 3 is 2.27 bits per heavy atom. The van der Waals surface area contributed by atoms with Crippen molar-refractivity contribution < 1.29 is 18.8 Å². The molecule has 2 rings (SSSR count). The van der Waals surface area contributed by atoms with Gasteiger partial charge >= 0.3 is 0 Å². The van der Waals surface area contributed by atoms with Gasteiger partial charge in [-0.15, -0.1) is 0 Å². The van der Waals surface area contributed by atoms with E-state index in [2.05, 4.69) is 16.0 Å². The summed E-state index contributed by atoms with van der Waals surface area (Å²) in [6.45, 7) is 1.02. The molecule has 0 saturated heterocycles. The Hall–Kier alpha value is -2.80. The van der Waals surface area contributed by atoms with Gasteiger partial charge in [0.25, 0.3) is 11.8 Å². The first-order valence-corrected chi connectivity index (χ1v) is 8.56. The minimum absolute atomic E-state index is 0.141. The average Bonchev–Trinajstić information content (AvgIpc) is 3.17. The Bertz CT molecular complexity index is 729. The molecule has 8 heteroatoms. The van der Waals surface area contributed by atoms with Gasteiger partial charge in [-0.3, -0.25) is 14.4 Å². The molecule has 0 radical (unpaired) electrons. The summed E-state index contributed by atoms with van der Waals surface area (Å²) in [6, 6.07) is 9.76. The molecule has 2 aromatic rings. The third-order valence-electron chi connectivity index (χ3n) is 3.45. The average molecular weight is 378 g/mol. The number of furan rings is 1. The molecule has 0 aliphatic rings. The molecule has 138 valence electrons.